The van der Waals surface area contributed by atoms with E-state index in [1.54, 1.807) is 19.2 Å². The van der Waals surface area contributed by atoms with Gasteiger partial charge < -0.3 is 9.30 Å². The Bertz CT molecular complexity index is 1530. The largest absolute Gasteiger partial charge is 0.383 e. The summed E-state index contributed by atoms with van der Waals surface area (Å²) in [6.45, 7) is 1.82. The summed E-state index contributed by atoms with van der Waals surface area (Å²) in [5, 5.41) is 0. The van der Waals surface area contributed by atoms with Crippen LogP contribution < -0.4 is 4.80 Å². The lowest BCUT2D eigenvalue weighted by atomic mass is 10.2. The molecule has 1 fully saturated rings. The number of amides is 1. The number of rotatable bonds is 7. The first-order valence-corrected chi connectivity index (χ1v) is 15.8. The van der Waals surface area contributed by atoms with Crippen molar-refractivity contribution in [2.24, 2.45) is 4.99 Å². The predicted octanol–water partition coefficient (Wildman–Crippen LogP) is 3.06. The smallest absolute Gasteiger partial charge is 0.279 e. The molecule has 1 aliphatic heterocycles. The minimum Gasteiger partial charge on any atom is -0.383 e. The maximum atomic E-state index is 13.0. The molecule has 4 rings (SSSR count). The molecule has 0 bridgehead atoms. The topological polar surface area (TPSA) is 115 Å². The van der Waals surface area contributed by atoms with Crippen LogP contribution in [0.1, 0.15) is 36.0 Å². The number of carbonyl (C=O) groups is 1. The van der Waals surface area contributed by atoms with Crippen LogP contribution in [-0.4, -0.2) is 64.7 Å². The molecule has 2 heterocycles. The highest BCUT2D eigenvalue weighted by molar-refractivity contribution is 7.90. The molecule has 0 aliphatic carbocycles. The Labute approximate surface area is 215 Å². The van der Waals surface area contributed by atoms with Crippen LogP contribution in [0.4, 0.5) is 0 Å². The van der Waals surface area contributed by atoms with Crippen molar-refractivity contribution in [3.05, 3.63) is 52.8 Å². The first kappa shape index (κ1) is 26.7. The molecule has 3 aromatic rings. The number of aromatic nitrogens is 1. The summed E-state index contributed by atoms with van der Waals surface area (Å²) in [7, 11) is -5.43. The molecule has 2 aromatic carbocycles. The van der Waals surface area contributed by atoms with Crippen LogP contribution in [0.15, 0.2) is 57.2 Å². The van der Waals surface area contributed by atoms with Gasteiger partial charge in [-0.3, -0.25) is 4.79 Å². The van der Waals surface area contributed by atoms with E-state index in [4.69, 9.17) is 4.74 Å². The standard InChI is InChI=1S/C24H29N3O6S3/c1-33-16-15-27-21-12-11-20(35(2,29)30)17-22(21)34-24(27)25-23(28)18-7-9-19(10-8-18)36(31,32)26-13-5-3-4-6-14-26/h7-12,17H,3-6,13-16H2,1-2H3. The number of thiazole rings is 1. The first-order valence-electron chi connectivity index (χ1n) is 11.6. The highest BCUT2D eigenvalue weighted by Crippen LogP contribution is 2.23. The van der Waals surface area contributed by atoms with Gasteiger partial charge in [-0.25, -0.2) is 16.8 Å². The van der Waals surface area contributed by atoms with E-state index in [2.05, 4.69) is 4.99 Å². The van der Waals surface area contributed by atoms with Gasteiger partial charge in [0.15, 0.2) is 14.6 Å². The molecule has 1 aliphatic rings. The van der Waals surface area contributed by atoms with Crippen molar-refractivity contribution in [3.63, 3.8) is 0 Å². The molecule has 1 amide bonds. The van der Waals surface area contributed by atoms with Crippen LogP contribution in [0.3, 0.4) is 0 Å². The summed E-state index contributed by atoms with van der Waals surface area (Å²) in [5.74, 6) is -0.519. The predicted molar refractivity (Wildman–Crippen MR) is 138 cm³/mol. The zero-order valence-electron chi connectivity index (χ0n) is 20.2. The second-order valence-corrected chi connectivity index (χ2v) is 13.7. The van der Waals surface area contributed by atoms with Crippen LogP contribution in [-0.2, 0) is 31.1 Å². The first-order chi connectivity index (χ1) is 17.1. The highest BCUT2D eigenvalue weighted by Gasteiger charge is 2.25. The Balaban J connectivity index is 1.67. The van der Waals surface area contributed by atoms with E-state index in [-0.39, 0.29) is 15.4 Å². The second kappa shape index (κ2) is 10.9. The van der Waals surface area contributed by atoms with E-state index in [0.29, 0.717) is 35.7 Å². The van der Waals surface area contributed by atoms with Crippen molar-refractivity contribution in [1.82, 2.24) is 8.87 Å². The molecule has 0 radical (unpaired) electrons. The van der Waals surface area contributed by atoms with E-state index in [0.717, 1.165) is 37.5 Å². The fraction of sp³-hybridized carbons (Fsp3) is 0.417. The van der Waals surface area contributed by atoms with Gasteiger partial charge in [-0.2, -0.15) is 9.30 Å². The average molecular weight is 552 g/mol. The van der Waals surface area contributed by atoms with Gasteiger partial charge in [0.25, 0.3) is 5.91 Å². The number of hydrogen-bond donors (Lipinski definition) is 0. The summed E-state index contributed by atoms with van der Waals surface area (Å²) >= 11 is 1.21. The third kappa shape index (κ3) is 5.78. The average Bonchev–Trinajstić information content (AvgIpc) is 3.00. The molecule has 36 heavy (non-hydrogen) atoms. The van der Waals surface area contributed by atoms with Crippen molar-refractivity contribution in [1.29, 1.82) is 0 Å². The number of hydrogen-bond acceptors (Lipinski definition) is 7. The maximum absolute atomic E-state index is 13.0. The lowest BCUT2D eigenvalue weighted by Gasteiger charge is -2.19. The second-order valence-electron chi connectivity index (χ2n) is 8.69. The Morgan fingerprint density at radius 2 is 1.61 bits per heavy atom. The number of fused-ring (bicyclic) bond motifs is 1. The Kier molecular flexibility index (Phi) is 8.10. The van der Waals surface area contributed by atoms with Crippen molar-refractivity contribution in [2.45, 2.75) is 42.0 Å². The number of ether oxygens (including phenoxy) is 1. The molecular weight excluding hydrogens is 522 g/mol. The zero-order valence-corrected chi connectivity index (χ0v) is 22.7. The van der Waals surface area contributed by atoms with E-state index >= 15 is 0 Å². The number of nitrogens with zero attached hydrogens (tertiary/aromatic N) is 3. The fourth-order valence-corrected chi connectivity index (χ4v) is 7.45. The molecule has 12 heteroatoms. The quantitative estimate of drug-likeness (QED) is 0.446. The van der Waals surface area contributed by atoms with Crippen LogP contribution in [0.5, 0.6) is 0 Å². The number of methoxy groups -OCH3 is 1. The lowest BCUT2D eigenvalue weighted by Crippen LogP contribution is -2.31. The number of carbonyl (C=O) groups excluding carboxylic acids is 1. The SMILES string of the molecule is COCCn1c(=NC(=O)c2ccc(S(=O)(=O)N3CCCCCC3)cc2)sc2cc(S(C)(=O)=O)ccc21. The van der Waals surface area contributed by atoms with E-state index < -0.39 is 25.8 Å². The maximum Gasteiger partial charge on any atom is 0.279 e. The van der Waals surface area contributed by atoms with Crippen LogP contribution >= 0.6 is 11.3 Å². The monoisotopic (exact) mass is 551 g/mol. The Morgan fingerprint density at radius 3 is 2.22 bits per heavy atom. The van der Waals surface area contributed by atoms with Crippen molar-refractivity contribution in [3.8, 4) is 0 Å². The number of benzene rings is 2. The van der Waals surface area contributed by atoms with Gasteiger partial charge in [-0.1, -0.05) is 24.2 Å². The molecule has 0 atom stereocenters. The van der Waals surface area contributed by atoms with Crippen LogP contribution in [0.25, 0.3) is 10.2 Å². The molecule has 1 aromatic heterocycles. The van der Waals surface area contributed by atoms with E-state index in [1.165, 1.54) is 46.0 Å². The van der Waals surface area contributed by atoms with Crippen molar-refractivity contribution >= 4 is 47.3 Å². The Morgan fingerprint density at radius 1 is 0.972 bits per heavy atom. The molecule has 194 valence electrons. The van der Waals surface area contributed by atoms with E-state index in [1.807, 2.05) is 4.57 Å². The molecule has 9 nitrogen and oxygen atoms in total. The van der Waals surface area contributed by atoms with Crippen LogP contribution in [0, 0.1) is 0 Å². The summed E-state index contributed by atoms with van der Waals surface area (Å²) in [5.41, 5.74) is 1.01. The minimum absolute atomic E-state index is 0.159. The third-order valence-corrected chi connectivity index (χ3v) is 10.2. The highest BCUT2D eigenvalue weighted by atomic mass is 32.2. The molecule has 0 saturated carbocycles. The normalized spacial score (nSPS) is 16.3. The van der Waals surface area contributed by atoms with Gasteiger partial charge in [0.05, 0.1) is 26.6 Å². The molecule has 0 spiro atoms. The zero-order chi connectivity index (χ0) is 25.9. The van der Waals surface area contributed by atoms with E-state index in [9.17, 15) is 21.6 Å². The van der Waals surface area contributed by atoms with Gasteiger partial charge in [0, 0.05) is 38.6 Å². The van der Waals surface area contributed by atoms with Gasteiger partial charge in [0.2, 0.25) is 10.0 Å². The lowest BCUT2D eigenvalue weighted by molar-refractivity contribution is 0.0997. The summed E-state index contributed by atoms with van der Waals surface area (Å²) in [4.78, 5) is 18.0. The summed E-state index contributed by atoms with van der Waals surface area (Å²) in [6.07, 6.45) is 4.89. The summed E-state index contributed by atoms with van der Waals surface area (Å²) < 4.78 is 59.2. The van der Waals surface area contributed by atoms with Crippen LogP contribution in [0.2, 0.25) is 0 Å². The Hall–Kier alpha value is -2.38. The number of sulfonamides is 1. The summed E-state index contributed by atoms with van der Waals surface area (Å²) in [6, 6.07) is 10.7. The third-order valence-electron chi connectivity index (χ3n) is 6.10. The molecule has 0 unspecified atom stereocenters. The fourth-order valence-electron chi connectivity index (χ4n) is 4.12. The molecule has 0 N–H and O–H groups in total. The van der Waals surface area contributed by atoms with Gasteiger partial charge in [-0.05, 0) is 55.3 Å². The van der Waals surface area contributed by atoms with Crippen molar-refractivity contribution < 1.29 is 26.4 Å². The van der Waals surface area contributed by atoms with Gasteiger partial charge in [-0.15, -0.1) is 0 Å². The molecule has 1 saturated heterocycles. The minimum atomic E-state index is -3.61. The van der Waals surface area contributed by atoms with Gasteiger partial charge >= 0.3 is 0 Å². The van der Waals surface area contributed by atoms with Gasteiger partial charge in [0.1, 0.15) is 0 Å². The molecular formula is C24H29N3O6S3. The number of sulfone groups is 1. The van der Waals surface area contributed by atoms with Crippen molar-refractivity contribution in [2.75, 3.05) is 33.1 Å².